The molecule has 5 nitrogen and oxygen atoms in total. The van der Waals surface area contributed by atoms with Crippen LogP contribution < -0.4 is 5.73 Å². The molecule has 0 aromatic carbocycles. The molecular weight excluding hydrogens is 240 g/mol. The van der Waals surface area contributed by atoms with Crippen LogP contribution in [0.15, 0.2) is 6.07 Å². The minimum atomic E-state index is -1.10. The van der Waals surface area contributed by atoms with Gasteiger partial charge in [0.05, 0.1) is 5.69 Å². The summed E-state index contributed by atoms with van der Waals surface area (Å²) < 4.78 is 0. The van der Waals surface area contributed by atoms with Crippen LogP contribution in [0, 0.1) is 6.92 Å². The number of carbonyl (C=O) groups is 2. The molecule has 2 aromatic rings. The Hall–Kier alpha value is -1.95. The minimum Gasteiger partial charge on any atom is -0.477 e. The van der Waals surface area contributed by atoms with Crippen LogP contribution in [0.5, 0.6) is 0 Å². The number of carboxylic acid groups (broad SMARTS) is 1. The zero-order valence-corrected chi connectivity index (χ0v) is 10.1. The molecule has 0 saturated heterocycles. The average Bonchev–Trinajstić information content (AvgIpc) is 2.54. The number of carbonyl (C=O) groups excluding carboxylic acids is 1. The van der Waals surface area contributed by atoms with Crippen molar-refractivity contribution >= 4 is 39.0 Å². The van der Waals surface area contributed by atoms with Crippen LogP contribution in [0.2, 0.25) is 0 Å². The fraction of sp³-hybridized carbons (Fsp3) is 0.182. The van der Waals surface area contributed by atoms with Gasteiger partial charge in [0.2, 0.25) is 0 Å². The van der Waals surface area contributed by atoms with Gasteiger partial charge in [0, 0.05) is 16.6 Å². The maximum absolute atomic E-state index is 11.5. The van der Waals surface area contributed by atoms with Gasteiger partial charge in [-0.05, 0) is 19.9 Å². The molecule has 0 bridgehead atoms. The molecule has 3 N–H and O–H groups in total. The quantitative estimate of drug-likeness (QED) is 0.796. The third-order valence-corrected chi connectivity index (χ3v) is 3.49. The van der Waals surface area contributed by atoms with Crippen molar-refractivity contribution in [2.75, 3.05) is 5.73 Å². The predicted octanol–water partition coefficient (Wildman–Crippen LogP) is 2.09. The van der Waals surface area contributed by atoms with Crippen molar-refractivity contribution in [2.24, 2.45) is 0 Å². The van der Waals surface area contributed by atoms with E-state index in [2.05, 4.69) is 4.98 Å². The number of nitrogens with zero attached hydrogens (tertiary/aromatic N) is 1. The monoisotopic (exact) mass is 250 g/mol. The average molecular weight is 250 g/mol. The fourth-order valence-corrected chi connectivity index (χ4v) is 2.68. The van der Waals surface area contributed by atoms with Gasteiger partial charge in [-0.3, -0.25) is 4.79 Å². The number of carboxylic acids is 1. The molecule has 0 unspecified atom stereocenters. The smallest absolute Gasteiger partial charge is 0.348 e. The van der Waals surface area contributed by atoms with Gasteiger partial charge < -0.3 is 10.8 Å². The summed E-state index contributed by atoms with van der Waals surface area (Å²) in [5, 5.41) is 9.43. The highest BCUT2D eigenvalue weighted by Gasteiger charge is 2.20. The van der Waals surface area contributed by atoms with Crippen molar-refractivity contribution in [1.29, 1.82) is 0 Å². The summed E-state index contributed by atoms with van der Waals surface area (Å²) in [4.78, 5) is 27.2. The van der Waals surface area contributed by atoms with Gasteiger partial charge in [0.25, 0.3) is 0 Å². The molecule has 0 saturated carbocycles. The number of hydrogen-bond donors (Lipinski definition) is 2. The van der Waals surface area contributed by atoms with E-state index in [0.29, 0.717) is 21.5 Å². The molecule has 0 amide bonds. The third-order valence-electron chi connectivity index (χ3n) is 2.40. The van der Waals surface area contributed by atoms with Crippen LogP contribution in [0.3, 0.4) is 0 Å². The van der Waals surface area contributed by atoms with E-state index < -0.39 is 5.97 Å². The number of aromatic nitrogens is 1. The van der Waals surface area contributed by atoms with Crippen molar-refractivity contribution < 1.29 is 14.7 Å². The lowest BCUT2D eigenvalue weighted by molar-refractivity contribution is 0.0703. The number of fused-ring (bicyclic) bond motifs is 1. The standard InChI is InChI=1S/C11H10N2O3S/c1-4-3-6(5(2)14)7-8(12)9(11(15)16)17-10(7)13-4/h3H,12H2,1-2H3,(H,15,16). The van der Waals surface area contributed by atoms with Crippen molar-refractivity contribution in [3.8, 4) is 0 Å². The summed E-state index contributed by atoms with van der Waals surface area (Å²) in [5.74, 6) is -1.25. The Morgan fingerprint density at radius 1 is 1.47 bits per heavy atom. The summed E-state index contributed by atoms with van der Waals surface area (Å²) in [6.45, 7) is 3.17. The van der Waals surface area contributed by atoms with Crippen LogP contribution >= 0.6 is 11.3 Å². The van der Waals surface area contributed by atoms with Crippen molar-refractivity contribution in [3.63, 3.8) is 0 Å². The number of ketones is 1. The van der Waals surface area contributed by atoms with Crippen LogP contribution in [0.4, 0.5) is 5.69 Å². The Balaban J connectivity index is 2.92. The number of aryl methyl sites for hydroxylation is 1. The first-order valence-corrected chi connectivity index (χ1v) is 5.67. The second kappa shape index (κ2) is 3.81. The summed E-state index contributed by atoms with van der Waals surface area (Å²) in [7, 11) is 0. The normalized spacial score (nSPS) is 10.7. The van der Waals surface area contributed by atoms with Crippen LogP contribution in [0.1, 0.15) is 32.6 Å². The molecule has 2 heterocycles. The largest absolute Gasteiger partial charge is 0.477 e. The maximum Gasteiger partial charge on any atom is 0.348 e. The molecule has 0 radical (unpaired) electrons. The number of pyridine rings is 1. The number of hydrogen-bond acceptors (Lipinski definition) is 5. The molecule has 0 atom stereocenters. The summed E-state index contributed by atoms with van der Waals surface area (Å²) >= 11 is 0.990. The number of anilines is 1. The lowest BCUT2D eigenvalue weighted by Crippen LogP contribution is -2.00. The number of rotatable bonds is 2. The highest BCUT2D eigenvalue weighted by Crippen LogP contribution is 2.35. The molecule has 2 aromatic heterocycles. The lowest BCUT2D eigenvalue weighted by atomic mass is 10.1. The van der Waals surface area contributed by atoms with Gasteiger partial charge in [0.15, 0.2) is 5.78 Å². The Morgan fingerprint density at radius 2 is 2.12 bits per heavy atom. The van der Waals surface area contributed by atoms with Gasteiger partial charge in [-0.1, -0.05) is 0 Å². The second-order valence-corrected chi connectivity index (χ2v) is 4.70. The minimum absolute atomic E-state index is 0.0283. The predicted molar refractivity (Wildman–Crippen MR) is 65.7 cm³/mol. The zero-order valence-electron chi connectivity index (χ0n) is 9.27. The van der Waals surface area contributed by atoms with E-state index >= 15 is 0 Å². The molecule has 0 fully saturated rings. The Labute approximate surface area is 101 Å². The van der Waals surface area contributed by atoms with Gasteiger partial charge in [-0.2, -0.15) is 0 Å². The van der Waals surface area contributed by atoms with Crippen LogP contribution in [-0.2, 0) is 0 Å². The first-order valence-electron chi connectivity index (χ1n) is 4.85. The highest BCUT2D eigenvalue weighted by atomic mass is 32.1. The van der Waals surface area contributed by atoms with E-state index in [1.807, 2.05) is 0 Å². The number of Topliss-reactive ketones (excluding diaryl/α,β-unsaturated/α-hetero) is 1. The van der Waals surface area contributed by atoms with E-state index in [-0.39, 0.29) is 16.3 Å². The first kappa shape index (κ1) is 11.5. The van der Waals surface area contributed by atoms with E-state index in [9.17, 15) is 9.59 Å². The van der Waals surface area contributed by atoms with Crippen molar-refractivity contribution in [1.82, 2.24) is 4.98 Å². The molecule has 17 heavy (non-hydrogen) atoms. The van der Waals surface area contributed by atoms with E-state index in [0.717, 1.165) is 11.3 Å². The van der Waals surface area contributed by atoms with Gasteiger partial charge >= 0.3 is 5.97 Å². The number of aromatic carboxylic acids is 1. The Kier molecular flexibility index (Phi) is 2.59. The van der Waals surface area contributed by atoms with Gasteiger partial charge in [-0.15, -0.1) is 11.3 Å². The van der Waals surface area contributed by atoms with Crippen LogP contribution in [0.25, 0.3) is 10.2 Å². The fourth-order valence-electron chi connectivity index (χ4n) is 1.68. The molecule has 0 aliphatic rings. The number of nitrogen functional groups attached to an aromatic ring is 1. The second-order valence-electron chi connectivity index (χ2n) is 3.70. The van der Waals surface area contributed by atoms with E-state index in [1.165, 1.54) is 6.92 Å². The lowest BCUT2D eigenvalue weighted by Gasteiger charge is -2.01. The summed E-state index contributed by atoms with van der Waals surface area (Å²) in [6, 6.07) is 1.62. The van der Waals surface area contributed by atoms with Crippen molar-refractivity contribution in [2.45, 2.75) is 13.8 Å². The summed E-state index contributed by atoms with van der Waals surface area (Å²) in [6.07, 6.45) is 0. The first-order chi connectivity index (χ1) is 7.91. The number of thiophene rings is 1. The topological polar surface area (TPSA) is 93.3 Å². The van der Waals surface area contributed by atoms with Gasteiger partial charge in [0.1, 0.15) is 9.71 Å². The molecule has 0 aliphatic heterocycles. The van der Waals surface area contributed by atoms with E-state index in [4.69, 9.17) is 10.8 Å². The van der Waals surface area contributed by atoms with Crippen molar-refractivity contribution in [3.05, 3.63) is 22.2 Å². The summed E-state index contributed by atoms with van der Waals surface area (Å²) in [5.41, 5.74) is 6.98. The third kappa shape index (κ3) is 1.76. The Morgan fingerprint density at radius 3 is 2.65 bits per heavy atom. The van der Waals surface area contributed by atoms with Crippen LogP contribution in [-0.4, -0.2) is 21.8 Å². The Bertz CT molecular complexity index is 646. The molecule has 88 valence electrons. The SMILES string of the molecule is CC(=O)c1cc(C)nc2sc(C(=O)O)c(N)c12. The molecule has 0 spiro atoms. The van der Waals surface area contributed by atoms with Gasteiger partial charge in [-0.25, -0.2) is 9.78 Å². The maximum atomic E-state index is 11.5. The molecular formula is C11H10N2O3S. The molecule has 6 heteroatoms. The molecule has 2 rings (SSSR count). The van der Waals surface area contributed by atoms with E-state index in [1.54, 1.807) is 13.0 Å². The molecule has 0 aliphatic carbocycles. The highest BCUT2D eigenvalue weighted by molar-refractivity contribution is 7.21. The zero-order chi connectivity index (χ0) is 12.7. The number of nitrogens with two attached hydrogens (primary N) is 1.